The van der Waals surface area contributed by atoms with E-state index in [9.17, 15) is 9.36 Å². The van der Waals surface area contributed by atoms with Crippen molar-refractivity contribution in [2.24, 2.45) is 7.05 Å². The summed E-state index contributed by atoms with van der Waals surface area (Å²) in [6, 6.07) is 7.26. The fourth-order valence-corrected chi connectivity index (χ4v) is 5.43. The lowest BCUT2D eigenvalue weighted by Crippen LogP contribution is -2.22. The Kier molecular flexibility index (Phi) is 9.85. The summed E-state index contributed by atoms with van der Waals surface area (Å²) in [6.45, 7) is 3.94. The highest BCUT2D eigenvalue weighted by Gasteiger charge is 2.24. The van der Waals surface area contributed by atoms with Crippen molar-refractivity contribution in [3.05, 3.63) is 65.3 Å². The molecular weight excluding hydrogens is 677 g/mol. The Bertz CT molecular complexity index is 1950. The van der Waals surface area contributed by atoms with Gasteiger partial charge < -0.3 is 29.5 Å². The second-order valence-electron chi connectivity index (χ2n) is 10.6. The number of fused-ring (bicyclic) bond motifs is 1. The van der Waals surface area contributed by atoms with Crippen LogP contribution in [-0.4, -0.2) is 83.4 Å². The number of carbonyl (C=O) groups excluding carboxylic acids is 1. The monoisotopic (exact) mass is 709 g/mol. The quantitative estimate of drug-likeness (QED) is 0.149. The van der Waals surface area contributed by atoms with Gasteiger partial charge in [0.15, 0.2) is 0 Å². The molecule has 46 heavy (non-hydrogen) atoms. The summed E-state index contributed by atoms with van der Waals surface area (Å²) in [5.74, 6) is 0.356. The Morgan fingerprint density at radius 2 is 1.85 bits per heavy atom. The number of halogens is 1. The number of rotatable bonds is 12. The first kappa shape index (κ1) is 32.8. The molecule has 5 rings (SSSR count). The van der Waals surface area contributed by atoms with E-state index in [0.717, 1.165) is 16.8 Å². The number of methoxy groups -OCH3 is 2. The lowest BCUT2D eigenvalue weighted by atomic mass is 10.0. The van der Waals surface area contributed by atoms with Crippen LogP contribution in [0.4, 0.5) is 28.8 Å². The molecule has 0 aliphatic heterocycles. The largest absolute Gasteiger partial charge is 0.494 e. The van der Waals surface area contributed by atoms with Gasteiger partial charge in [0.1, 0.15) is 22.6 Å². The number of carbonyl (C=O) groups is 1. The molecule has 2 aromatic carbocycles. The van der Waals surface area contributed by atoms with Crippen molar-refractivity contribution in [1.29, 1.82) is 0 Å². The Balaban J connectivity index is 1.53. The van der Waals surface area contributed by atoms with Gasteiger partial charge in [0.2, 0.25) is 13.3 Å². The second-order valence-corrected chi connectivity index (χ2v) is 14.1. The zero-order valence-electron chi connectivity index (χ0n) is 26.1. The first-order valence-electron chi connectivity index (χ1n) is 14.0. The van der Waals surface area contributed by atoms with Crippen LogP contribution in [0.1, 0.15) is 10.4 Å². The molecule has 3 heterocycles. The molecule has 0 amide bonds. The number of aryl methyl sites for hydroxylation is 1. The fourth-order valence-electron chi connectivity index (χ4n) is 4.65. The summed E-state index contributed by atoms with van der Waals surface area (Å²) in [5.41, 5.74) is 4.53. The molecule has 0 bridgehead atoms. The molecule has 5 aromatic rings. The molecule has 14 nitrogen and oxygen atoms in total. The van der Waals surface area contributed by atoms with Crippen LogP contribution < -0.4 is 20.3 Å². The standard InChI is InChI=1S/C30H33BrN9O5P/c1-39(11-12-43-3)24-14-25(44-4)23(13-19(24)18-15-35-40(2)17-18)37-30-34-16-20(31)28(38-30)36-21-7-8-22-27(33-10-9-32-22)26(21)29(41)45-46(5,6)42/h7-10,13-17H,11-12H2,1-6H3,(H2,34,36,37,38). The summed E-state index contributed by atoms with van der Waals surface area (Å²) >= 11 is 3.50. The third-order valence-electron chi connectivity index (χ3n) is 6.77. The van der Waals surface area contributed by atoms with E-state index >= 15 is 0 Å². The van der Waals surface area contributed by atoms with Crippen molar-refractivity contribution < 1.29 is 23.4 Å². The molecule has 0 aliphatic rings. The maximum atomic E-state index is 13.2. The smallest absolute Gasteiger partial charge is 0.347 e. The number of benzene rings is 2. The van der Waals surface area contributed by atoms with Gasteiger partial charge in [-0.3, -0.25) is 19.2 Å². The van der Waals surface area contributed by atoms with Gasteiger partial charge in [0, 0.05) is 88.7 Å². The highest BCUT2D eigenvalue weighted by atomic mass is 79.9. The van der Waals surface area contributed by atoms with Crippen molar-refractivity contribution in [1.82, 2.24) is 29.7 Å². The zero-order valence-corrected chi connectivity index (χ0v) is 28.6. The van der Waals surface area contributed by atoms with Gasteiger partial charge in [0.05, 0.1) is 41.3 Å². The average Bonchev–Trinajstić information content (AvgIpc) is 3.46. The third-order valence-corrected chi connectivity index (χ3v) is 7.95. The molecule has 0 aliphatic carbocycles. The Morgan fingerprint density at radius 1 is 1.07 bits per heavy atom. The van der Waals surface area contributed by atoms with Crippen molar-refractivity contribution in [3.8, 4) is 16.9 Å². The highest BCUT2D eigenvalue weighted by molar-refractivity contribution is 9.10. The van der Waals surface area contributed by atoms with E-state index in [4.69, 9.17) is 14.0 Å². The van der Waals surface area contributed by atoms with Crippen molar-refractivity contribution in [3.63, 3.8) is 0 Å². The summed E-state index contributed by atoms with van der Waals surface area (Å²) in [6.07, 6.45) is 8.29. The van der Waals surface area contributed by atoms with Crippen LogP contribution >= 0.6 is 23.3 Å². The molecule has 0 radical (unpaired) electrons. The number of ether oxygens (including phenoxy) is 2. The van der Waals surface area contributed by atoms with Gasteiger partial charge in [-0.15, -0.1) is 0 Å². The van der Waals surface area contributed by atoms with E-state index in [1.165, 1.54) is 25.7 Å². The fraction of sp³-hybridized carbons (Fsp3) is 0.267. The lowest BCUT2D eigenvalue weighted by Gasteiger charge is -2.24. The molecule has 0 saturated carbocycles. The van der Waals surface area contributed by atoms with Crippen LogP contribution in [0, 0.1) is 0 Å². The normalized spacial score (nSPS) is 11.4. The molecule has 3 aromatic heterocycles. The Labute approximate surface area is 274 Å². The summed E-state index contributed by atoms with van der Waals surface area (Å²) in [4.78, 5) is 33.1. The number of hydrogen-bond acceptors (Lipinski definition) is 13. The number of anilines is 5. The van der Waals surface area contributed by atoms with E-state index in [1.54, 1.807) is 43.4 Å². The van der Waals surface area contributed by atoms with E-state index in [1.807, 2.05) is 32.4 Å². The predicted molar refractivity (Wildman–Crippen MR) is 181 cm³/mol. The maximum Gasteiger partial charge on any atom is 0.347 e. The van der Waals surface area contributed by atoms with E-state index in [0.29, 0.717) is 46.1 Å². The molecular formula is C30H33BrN9O5P. The second kappa shape index (κ2) is 13.8. The lowest BCUT2D eigenvalue weighted by molar-refractivity contribution is 0.0746. The van der Waals surface area contributed by atoms with Crippen LogP contribution in [0.5, 0.6) is 5.75 Å². The third kappa shape index (κ3) is 7.44. The predicted octanol–water partition coefficient (Wildman–Crippen LogP) is 5.86. The first-order chi connectivity index (χ1) is 22.0. The van der Waals surface area contributed by atoms with Gasteiger partial charge in [0.25, 0.3) is 0 Å². The van der Waals surface area contributed by atoms with Gasteiger partial charge in [-0.1, -0.05) is 0 Å². The summed E-state index contributed by atoms with van der Waals surface area (Å²) in [5, 5.41) is 10.8. The minimum Gasteiger partial charge on any atom is -0.494 e. The molecule has 0 saturated heterocycles. The average molecular weight is 711 g/mol. The molecule has 0 unspecified atom stereocenters. The highest BCUT2D eigenvalue weighted by Crippen LogP contribution is 2.42. The number of hydrogen-bond donors (Lipinski definition) is 2. The van der Waals surface area contributed by atoms with E-state index in [2.05, 4.69) is 56.5 Å². The molecule has 0 fully saturated rings. The van der Waals surface area contributed by atoms with Crippen LogP contribution in [0.15, 0.2) is 59.7 Å². The van der Waals surface area contributed by atoms with Crippen molar-refractivity contribution in [2.45, 2.75) is 0 Å². The minimum atomic E-state index is -3.17. The summed E-state index contributed by atoms with van der Waals surface area (Å²) < 4.78 is 31.0. The number of nitrogens with zero attached hydrogens (tertiary/aromatic N) is 7. The van der Waals surface area contributed by atoms with Crippen molar-refractivity contribution >= 4 is 69.1 Å². The number of likely N-dealkylation sites (N-methyl/N-ethyl adjacent to an activating group) is 1. The van der Waals surface area contributed by atoms with Crippen LogP contribution in [0.2, 0.25) is 0 Å². The summed E-state index contributed by atoms with van der Waals surface area (Å²) in [7, 11) is 3.93. The number of aromatic nitrogens is 6. The van der Waals surface area contributed by atoms with Crippen LogP contribution in [0.25, 0.3) is 22.2 Å². The van der Waals surface area contributed by atoms with E-state index < -0.39 is 13.3 Å². The van der Waals surface area contributed by atoms with Gasteiger partial charge in [-0.05, 0) is 34.1 Å². The molecule has 0 atom stereocenters. The van der Waals surface area contributed by atoms with Crippen molar-refractivity contribution in [2.75, 3.05) is 63.3 Å². The molecule has 240 valence electrons. The van der Waals surface area contributed by atoms with E-state index in [-0.39, 0.29) is 17.0 Å². The molecule has 16 heteroatoms. The molecule has 2 N–H and O–H groups in total. The zero-order chi connectivity index (χ0) is 33.0. The minimum absolute atomic E-state index is 0.0745. The first-order valence-corrected chi connectivity index (χ1v) is 17.3. The Morgan fingerprint density at radius 3 is 2.54 bits per heavy atom. The molecule has 0 spiro atoms. The SMILES string of the molecule is COCCN(C)c1cc(OC)c(Nc2ncc(Br)c(Nc3ccc4nccnc4c3C(=O)OP(C)(C)=O)n2)cc1-c1cnn(C)c1. The topological polar surface area (TPSA) is 159 Å². The van der Waals surface area contributed by atoms with Gasteiger partial charge in [-0.2, -0.15) is 10.1 Å². The van der Waals surface area contributed by atoms with Gasteiger partial charge >= 0.3 is 5.97 Å². The Hall–Kier alpha value is -4.59. The number of nitrogens with one attached hydrogen (secondary N) is 2. The van der Waals surface area contributed by atoms with Gasteiger partial charge in [-0.25, -0.2) is 9.78 Å². The van der Waals surface area contributed by atoms with Crippen LogP contribution in [-0.2, 0) is 20.9 Å². The van der Waals surface area contributed by atoms with Crippen LogP contribution in [0.3, 0.4) is 0 Å². The maximum absolute atomic E-state index is 13.2.